The smallest absolute Gasteiger partial charge is 0.0722 e. The molecular weight excluding hydrogens is 258 g/mol. The zero-order chi connectivity index (χ0) is 14.8. The van der Waals surface area contributed by atoms with Crippen molar-refractivity contribution < 1.29 is 0 Å². The minimum Gasteiger partial charge on any atom is -0.324 e. The second kappa shape index (κ2) is 5.70. The molecule has 2 N–H and O–H groups in total. The van der Waals surface area contributed by atoms with Gasteiger partial charge < -0.3 is 5.73 Å². The summed E-state index contributed by atoms with van der Waals surface area (Å²) in [6, 6.07) is 16.7. The Morgan fingerprint density at radius 1 is 1.10 bits per heavy atom. The summed E-state index contributed by atoms with van der Waals surface area (Å²) in [5, 5.41) is 5.85. The van der Waals surface area contributed by atoms with E-state index in [-0.39, 0.29) is 6.04 Å². The second-order valence-electron chi connectivity index (χ2n) is 5.45. The Kier molecular flexibility index (Phi) is 3.76. The number of aryl methyl sites for hydroxylation is 2. The fourth-order valence-electron chi connectivity index (χ4n) is 2.98. The van der Waals surface area contributed by atoms with Crippen LogP contribution in [0, 0.1) is 0 Å². The summed E-state index contributed by atoms with van der Waals surface area (Å²) in [7, 11) is 1.98. The van der Waals surface area contributed by atoms with Crippen LogP contribution in [0.3, 0.4) is 0 Å². The van der Waals surface area contributed by atoms with Gasteiger partial charge in [0, 0.05) is 24.9 Å². The van der Waals surface area contributed by atoms with E-state index in [4.69, 9.17) is 5.73 Å². The van der Waals surface area contributed by atoms with Crippen molar-refractivity contribution in [2.45, 2.75) is 25.8 Å². The van der Waals surface area contributed by atoms with Crippen LogP contribution in [0.1, 0.15) is 29.8 Å². The van der Waals surface area contributed by atoms with Crippen molar-refractivity contribution in [2.24, 2.45) is 12.8 Å². The molecule has 1 aromatic heterocycles. The summed E-state index contributed by atoms with van der Waals surface area (Å²) in [4.78, 5) is 0. The number of para-hydroxylation sites is 1. The molecule has 1 heterocycles. The third-order valence-electron chi connectivity index (χ3n) is 4.08. The van der Waals surface area contributed by atoms with Gasteiger partial charge in [-0.25, -0.2) is 0 Å². The minimum atomic E-state index is -0.0144. The lowest BCUT2D eigenvalue weighted by Gasteiger charge is -2.15. The molecule has 3 heteroatoms. The van der Waals surface area contributed by atoms with Crippen LogP contribution >= 0.6 is 0 Å². The van der Waals surface area contributed by atoms with E-state index >= 15 is 0 Å². The highest BCUT2D eigenvalue weighted by Gasteiger charge is 2.15. The molecule has 108 valence electrons. The van der Waals surface area contributed by atoms with Crippen LogP contribution in [0.4, 0.5) is 0 Å². The van der Waals surface area contributed by atoms with E-state index < -0.39 is 0 Å². The van der Waals surface area contributed by atoms with Gasteiger partial charge in [-0.15, -0.1) is 0 Å². The molecule has 3 rings (SSSR count). The van der Waals surface area contributed by atoms with Crippen molar-refractivity contribution in [2.75, 3.05) is 0 Å². The SMILES string of the molecule is CCc1ccccc1C(N)Cc1nn(C)c2ccccc12. The van der Waals surface area contributed by atoms with Crippen LogP contribution in [-0.4, -0.2) is 9.78 Å². The Morgan fingerprint density at radius 3 is 2.62 bits per heavy atom. The van der Waals surface area contributed by atoms with Gasteiger partial charge in [0.05, 0.1) is 11.2 Å². The largest absolute Gasteiger partial charge is 0.324 e. The van der Waals surface area contributed by atoms with Crippen molar-refractivity contribution in [1.29, 1.82) is 0 Å². The first kappa shape index (κ1) is 13.8. The van der Waals surface area contributed by atoms with E-state index in [9.17, 15) is 0 Å². The molecule has 0 saturated heterocycles. The molecule has 0 radical (unpaired) electrons. The maximum atomic E-state index is 6.45. The van der Waals surface area contributed by atoms with Crippen molar-refractivity contribution in [1.82, 2.24) is 9.78 Å². The van der Waals surface area contributed by atoms with Gasteiger partial charge in [-0.05, 0) is 23.6 Å². The lowest BCUT2D eigenvalue weighted by molar-refractivity contribution is 0.676. The fraction of sp³-hybridized carbons (Fsp3) is 0.278. The molecule has 3 aromatic rings. The summed E-state index contributed by atoms with van der Waals surface area (Å²) < 4.78 is 1.93. The first-order valence-electron chi connectivity index (χ1n) is 7.44. The molecule has 0 fully saturated rings. The number of nitrogens with zero attached hydrogens (tertiary/aromatic N) is 2. The molecular formula is C18H21N3. The second-order valence-corrected chi connectivity index (χ2v) is 5.45. The molecule has 0 bridgehead atoms. The highest BCUT2D eigenvalue weighted by atomic mass is 15.3. The number of benzene rings is 2. The van der Waals surface area contributed by atoms with E-state index in [1.54, 1.807) is 0 Å². The highest BCUT2D eigenvalue weighted by molar-refractivity contribution is 5.81. The summed E-state index contributed by atoms with van der Waals surface area (Å²) in [5.41, 5.74) is 11.2. The normalized spacial score (nSPS) is 12.7. The van der Waals surface area contributed by atoms with Crippen molar-refractivity contribution in [3.63, 3.8) is 0 Å². The number of hydrogen-bond donors (Lipinski definition) is 1. The molecule has 1 atom stereocenters. The highest BCUT2D eigenvalue weighted by Crippen LogP contribution is 2.24. The molecule has 0 aliphatic rings. The van der Waals surface area contributed by atoms with Gasteiger partial charge in [0.2, 0.25) is 0 Å². The van der Waals surface area contributed by atoms with Crippen LogP contribution < -0.4 is 5.73 Å². The lowest BCUT2D eigenvalue weighted by atomic mass is 9.95. The van der Waals surface area contributed by atoms with Crippen LogP contribution in [0.25, 0.3) is 10.9 Å². The monoisotopic (exact) mass is 279 g/mol. The Balaban J connectivity index is 1.95. The van der Waals surface area contributed by atoms with E-state index in [0.29, 0.717) is 0 Å². The van der Waals surface area contributed by atoms with Crippen LogP contribution in [-0.2, 0) is 19.9 Å². The molecule has 3 nitrogen and oxygen atoms in total. The van der Waals surface area contributed by atoms with E-state index in [0.717, 1.165) is 24.1 Å². The zero-order valence-electron chi connectivity index (χ0n) is 12.6. The first-order chi connectivity index (χ1) is 10.2. The molecule has 0 spiro atoms. The van der Waals surface area contributed by atoms with Crippen LogP contribution in [0.5, 0.6) is 0 Å². The molecule has 1 unspecified atom stereocenters. The quantitative estimate of drug-likeness (QED) is 0.795. The number of aromatic nitrogens is 2. The third kappa shape index (κ3) is 2.57. The Bertz CT molecular complexity index is 758. The molecule has 0 aliphatic carbocycles. The van der Waals surface area contributed by atoms with Crippen molar-refractivity contribution in [3.05, 3.63) is 65.4 Å². The maximum absolute atomic E-state index is 6.45. The molecule has 21 heavy (non-hydrogen) atoms. The molecule has 0 saturated carbocycles. The topological polar surface area (TPSA) is 43.8 Å². The number of rotatable bonds is 4. The van der Waals surface area contributed by atoms with Crippen LogP contribution in [0.15, 0.2) is 48.5 Å². The Hall–Kier alpha value is -2.13. The summed E-state index contributed by atoms with van der Waals surface area (Å²) >= 11 is 0. The van der Waals surface area contributed by atoms with Gasteiger partial charge in [-0.3, -0.25) is 4.68 Å². The van der Waals surface area contributed by atoms with Gasteiger partial charge in [-0.1, -0.05) is 49.4 Å². The average molecular weight is 279 g/mol. The number of fused-ring (bicyclic) bond motifs is 1. The Morgan fingerprint density at radius 2 is 1.81 bits per heavy atom. The summed E-state index contributed by atoms with van der Waals surface area (Å²) in [5.74, 6) is 0. The predicted octanol–water partition coefficient (Wildman–Crippen LogP) is 3.38. The zero-order valence-corrected chi connectivity index (χ0v) is 12.6. The van der Waals surface area contributed by atoms with E-state index in [2.05, 4.69) is 54.5 Å². The third-order valence-corrected chi connectivity index (χ3v) is 4.08. The minimum absolute atomic E-state index is 0.0144. The van der Waals surface area contributed by atoms with Crippen molar-refractivity contribution >= 4 is 10.9 Å². The van der Waals surface area contributed by atoms with Gasteiger partial charge >= 0.3 is 0 Å². The van der Waals surface area contributed by atoms with Crippen LogP contribution in [0.2, 0.25) is 0 Å². The molecule has 0 amide bonds. The standard InChI is InChI=1S/C18H21N3/c1-3-13-8-4-5-9-14(13)16(19)12-17-15-10-6-7-11-18(15)21(2)20-17/h4-11,16H,3,12,19H2,1-2H3. The van der Waals surface area contributed by atoms with Gasteiger partial charge in [0.1, 0.15) is 0 Å². The molecule has 0 aliphatic heterocycles. The Labute approximate surface area is 125 Å². The fourth-order valence-corrected chi connectivity index (χ4v) is 2.98. The molecule has 2 aromatic carbocycles. The average Bonchev–Trinajstić information content (AvgIpc) is 2.84. The van der Waals surface area contributed by atoms with Gasteiger partial charge in [0.15, 0.2) is 0 Å². The maximum Gasteiger partial charge on any atom is 0.0722 e. The summed E-state index contributed by atoms with van der Waals surface area (Å²) in [6.45, 7) is 2.17. The van der Waals surface area contributed by atoms with E-state index in [1.165, 1.54) is 16.5 Å². The number of nitrogens with two attached hydrogens (primary N) is 1. The van der Waals surface area contributed by atoms with Gasteiger partial charge in [-0.2, -0.15) is 5.10 Å². The van der Waals surface area contributed by atoms with E-state index in [1.807, 2.05) is 17.8 Å². The number of hydrogen-bond acceptors (Lipinski definition) is 2. The van der Waals surface area contributed by atoms with Gasteiger partial charge in [0.25, 0.3) is 0 Å². The summed E-state index contributed by atoms with van der Waals surface area (Å²) in [6.07, 6.45) is 1.77. The first-order valence-corrected chi connectivity index (χ1v) is 7.44. The predicted molar refractivity (Wildman–Crippen MR) is 87.2 cm³/mol. The van der Waals surface area contributed by atoms with Crippen molar-refractivity contribution in [3.8, 4) is 0 Å². The lowest BCUT2D eigenvalue weighted by Crippen LogP contribution is -2.15.